The average Bonchev–Trinajstić information content (AvgIpc) is 3.49. The summed E-state index contributed by atoms with van der Waals surface area (Å²) in [6.45, 7) is 6.07. The predicted molar refractivity (Wildman–Crippen MR) is 201 cm³/mol. The number of benzene rings is 6. The molecule has 0 unspecified atom stereocenters. The maximum atomic E-state index is 5.02. The van der Waals surface area contributed by atoms with Gasteiger partial charge in [-0.25, -0.2) is 15.0 Å². The zero-order valence-electron chi connectivity index (χ0n) is 26.6. The first-order chi connectivity index (χ1) is 23.7. The third-order valence-electron chi connectivity index (χ3n) is 8.78. The Morgan fingerprint density at radius 1 is 0.562 bits per heavy atom. The molecule has 4 heteroatoms. The molecule has 0 saturated carbocycles. The van der Waals surface area contributed by atoms with Crippen molar-refractivity contribution in [2.24, 2.45) is 0 Å². The molecule has 0 aliphatic heterocycles. The second-order valence-corrected chi connectivity index (χ2v) is 11.8. The van der Waals surface area contributed by atoms with Crippen molar-refractivity contribution in [3.05, 3.63) is 182 Å². The molecule has 0 saturated heterocycles. The molecule has 6 aromatic carbocycles. The fourth-order valence-corrected chi connectivity index (χ4v) is 6.31. The minimum Gasteiger partial charge on any atom is -0.309 e. The lowest BCUT2D eigenvalue weighted by Crippen LogP contribution is -2.02. The minimum atomic E-state index is 0.630. The molecule has 0 aliphatic rings. The van der Waals surface area contributed by atoms with Gasteiger partial charge in [0, 0.05) is 27.6 Å². The SMILES string of the molecule is C=C/C(=C\C=C(/C)c1nc(-c2ccccc2)nc(-c2ccc3ccc(-n4c5ccccc5c5ccccc54)cc3c2)n1)c1ccccc1. The van der Waals surface area contributed by atoms with Crippen molar-refractivity contribution in [1.29, 1.82) is 0 Å². The van der Waals surface area contributed by atoms with Gasteiger partial charge in [0.1, 0.15) is 0 Å². The minimum absolute atomic E-state index is 0.630. The average molecular weight is 617 g/mol. The van der Waals surface area contributed by atoms with Gasteiger partial charge in [0.05, 0.1) is 11.0 Å². The molecule has 0 radical (unpaired) electrons. The highest BCUT2D eigenvalue weighted by atomic mass is 15.0. The Labute approximate surface area is 279 Å². The molecule has 4 nitrogen and oxygen atoms in total. The topological polar surface area (TPSA) is 43.6 Å². The molecule has 0 aliphatic carbocycles. The summed E-state index contributed by atoms with van der Waals surface area (Å²) in [5.41, 5.74) is 8.42. The highest BCUT2D eigenvalue weighted by molar-refractivity contribution is 6.09. The van der Waals surface area contributed by atoms with Crippen LogP contribution < -0.4 is 0 Å². The number of nitrogens with zero attached hydrogens (tertiary/aromatic N) is 4. The van der Waals surface area contributed by atoms with E-state index < -0.39 is 0 Å². The van der Waals surface area contributed by atoms with Gasteiger partial charge in [0.2, 0.25) is 0 Å². The standard InChI is InChI=1S/C44H32N4/c1-3-31(32-14-6-4-7-15-32)23-22-30(2)42-45-43(34-16-8-5-9-17-34)47-44(46-42)35-25-24-33-26-27-37(29-36(33)28-35)48-40-20-12-10-18-38(40)39-19-11-13-21-41(39)48/h3-29H,1H2,2H3/b30-22+,31-23+. The van der Waals surface area contributed by atoms with E-state index in [9.17, 15) is 0 Å². The van der Waals surface area contributed by atoms with Crippen LogP contribution in [0.5, 0.6) is 0 Å². The highest BCUT2D eigenvalue weighted by Crippen LogP contribution is 2.34. The first kappa shape index (κ1) is 29.0. The van der Waals surface area contributed by atoms with E-state index in [-0.39, 0.29) is 0 Å². The van der Waals surface area contributed by atoms with Gasteiger partial charge in [-0.1, -0.05) is 140 Å². The van der Waals surface area contributed by atoms with Crippen molar-refractivity contribution in [2.45, 2.75) is 6.92 Å². The Kier molecular flexibility index (Phi) is 7.52. The molecule has 228 valence electrons. The van der Waals surface area contributed by atoms with E-state index in [4.69, 9.17) is 15.0 Å². The van der Waals surface area contributed by atoms with E-state index in [2.05, 4.69) is 120 Å². The molecule has 8 rings (SSSR count). The van der Waals surface area contributed by atoms with E-state index in [1.54, 1.807) is 0 Å². The Morgan fingerprint density at radius 3 is 1.85 bits per heavy atom. The fraction of sp³-hybridized carbons (Fsp3) is 0.0227. The van der Waals surface area contributed by atoms with Gasteiger partial charge < -0.3 is 4.57 Å². The van der Waals surface area contributed by atoms with Crippen LogP contribution in [0.3, 0.4) is 0 Å². The molecule has 0 atom stereocenters. The van der Waals surface area contributed by atoms with Crippen LogP contribution >= 0.6 is 0 Å². The number of fused-ring (bicyclic) bond motifs is 4. The van der Waals surface area contributed by atoms with Crippen LogP contribution in [-0.4, -0.2) is 19.5 Å². The summed E-state index contributed by atoms with van der Waals surface area (Å²) >= 11 is 0. The molecule has 0 N–H and O–H groups in total. The summed E-state index contributed by atoms with van der Waals surface area (Å²) in [6.07, 6.45) is 5.99. The Bertz CT molecular complexity index is 2470. The van der Waals surface area contributed by atoms with Crippen LogP contribution in [0.2, 0.25) is 0 Å². The van der Waals surface area contributed by atoms with E-state index in [1.165, 1.54) is 21.8 Å². The largest absolute Gasteiger partial charge is 0.309 e. The maximum Gasteiger partial charge on any atom is 0.164 e. The first-order valence-corrected chi connectivity index (χ1v) is 16.1. The molecule has 0 spiro atoms. The Balaban J connectivity index is 1.25. The Morgan fingerprint density at radius 2 is 1.17 bits per heavy atom. The monoisotopic (exact) mass is 616 g/mol. The number of para-hydroxylation sites is 2. The second-order valence-electron chi connectivity index (χ2n) is 11.8. The normalized spacial score (nSPS) is 12.2. The molecule has 48 heavy (non-hydrogen) atoms. The van der Waals surface area contributed by atoms with Gasteiger partial charge in [0.15, 0.2) is 17.5 Å². The third-order valence-corrected chi connectivity index (χ3v) is 8.78. The van der Waals surface area contributed by atoms with Gasteiger partial charge in [-0.05, 0) is 64.7 Å². The van der Waals surface area contributed by atoms with Crippen molar-refractivity contribution in [1.82, 2.24) is 19.5 Å². The highest BCUT2D eigenvalue weighted by Gasteiger charge is 2.14. The molecule has 2 heterocycles. The number of rotatable bonds is 7. The quantitative estimate of drug-likeness (QED) is 0.167. The predicted octanol–water partition coefficient (Wildman–Crippen LogP) is 11.1. The van der Waals surface area contributed by atoms with Crippen molar-refractivity contribution < 1.29 is 0 Å². The molecular weight excluding hydrogens is 585 g/mol. The van der Waals surface area contributed by atoms with Gasteiger partial charge in [-0.3, -0.25) is 0 Å². The lowest BCUT2D eigenvalue weighted by Gasteiger charge is -2.11. The van der Waals surface area contributed by atoms with Crippen LogP contribution in [0.15, 0.2) is 170 Å². The van der Waals surface area contributed by atoms with E-state index in [0.717, 1.165) is 44.3 Å². The summed E-state index contributed by atoms with van der Waals surface area (Å²) in [5.74, 6) is 1.90. The van der Waals surface area contributed by atoms with Crippen LogP contribution in [0.4, 0.5) is 0 Å². The molecule has 0 fully saturated rings. The van der Waals surface area contributed by atoms with Gasteiger partial charge in [-0.15, -0.1) is 0 Å². The van der Waals surface area contributed by atoms with E-state index >= 15 is 0 Å². The summed E-state index contributed by atoms with van der Waals surface area (Å²) in [4.78, 5) is 14.9. The molecular formula is C44H32N4. The van der Waals surface area contributed by atoms with Crippen LogP contribution in [-0.2, 0) is 0 Å². The van der Waals surface area contributed by atoms with Gasteiger partial charge >= 0.3 is 0 Å². The van der Waals surface area contributed by atoms with Gasteiger partial charge in [-0.2, -0.15) is 0 Å². The van der Waals surface area contributed by atoms with Crippen LogP contribution in [0.25, 0.3) is 72.2 Å². The van der Waals surface area contributed by atoms with Crippen molar-refractivity contribution in [2.75, 3.05) is 0 Å². The zero-order chi connectivity index (χ0) is 32.5. The molecule has 8 aromatic rings. The van der Waals surface area contributed by atoms with Crippen molar-refractivity contribution in [3.8, 4) is 28.5 Å². The van der Waals surface area contributed by atoms with Gasteiger partial charge in [0.25, 0.3) is 0 Å². The fourth-order valence-electron chi connectivity index (χ4n) is 6.31. The number of hydrogen-bond acceptors (Lipinski definition) is 3. The summed E-state index contributed by atoms with van der Waals surface area (Å²) in [6, 6.07) is 50.6. The third kappa shape index (κ3) is 5.40. The number of allylic oxidation sites excluding steroid dienone is 5. The smallest absolute Gasteiger partial charge is 0.164 e. The number of hydrogen-bond donors (Lipinski definition) is 0. The first-order valence-electron chi connectivity index (χ1n) is 16.1. The van der Waals surface area contributed by atoms with Crippen molar-refractivity contribution in [3.63, 3.8) is 0 Å². The maximum absolute atomic E-state index is 5.02. The lowest BCUT2D eigenvalue weighted by molar-refractivity contribution is 1.03. The van der Waals surface area contributed by atoms with Crippen LogP contribution in [0.1, 0.15) is 18.3 Å². The Hall–Kier alpha value is -6.39. The summed E-state index contributed by atoms with van der Waals surface area (Å²) in [5, 5.41) is 4.76. The molecule has 0 amide bonds. The van der Waals surface area contributed by atoms with Crippen molar-refractivity contribution >= 4 is 43.7 Å². The number of aromatic nitrogens is 4. The van der Waals surface area contributed by atoms with E-state index in [0.29, 0.717) is 17.5 Å². The summed E-state index contributed by atoms with van der Waals surface area (Å²) in [7, 11) is 0. The second kappa shape index (κ2) is 12.4. The van der Waals surface area contributed by atoms with Crippen LogP contribution in [0, 0.1) is 0 Å². The zero-order valence-corrected chi connectivity index (χ0v) is 26.6. The lowest BCUT2D eigenvalue weighted by atomic mass is 10.0. The van der Waals surface area contributed by atoms with E-state index in [1.807, 2.05) is 61.5 Å². The molecule has 0 bridgehead atoms. The molecule has 2 aromatic heterocycles. The summed E-state index contributed by atoms with van der Waals surface area (Å²) < 4.78 is 2.35.